The van der Waals surface area contributed by atoms with E-state index in [1.165, 1.54) is 0 Å². The van der Waals surface area contributed by atoms with Crippen LogP contribution in [0.3, 0.4) is 0 Å². The van der Waals surface area contributed by atoms with Gasteiger partial charge < -0.3 is 10.6 Å². The van der Waals surface area contributed by atoms with Crippen LogP contribution >= 0.6 is 24.0 Å². The van der Waals surface area contributed by atoms with E-state index in [-0.39, 0.29) is 24.0 Å². The van der Waals surface area contributed by atoms with Crippen molar-refractivity contribution in [3.8, 4) is 0 Å². The van der Waals surface area contributed by atoms with Crippen LogP contribution in [0.1, 0.15) is 19.3 Å². The van der Waals surface area contributed by atoms with Gasteiger partial charge in [0.25, 0.3) is 0 Å². The van der Waals surface area contributed by atoms with Crippen molar-refractivity contribution in [2.75, 3.05) is 32.7 Å². The van der Waals surface area contributed by atoms with Crippen molar-refractivity contribution < 1.29 is 8.42 Å². The molecule has 0 bridgehead atoms. The smallest absolute Gasteiger partial charge is 0.243 e. The van der Waals surface area contributed by atoms with Crippen LogP contribution in [0.4, 0.5) is 0 Å². The second-order valence-electron chi connectivity index (χ2n) is 6.05. The van der Waals surface area contributed by atoms with E-state index in [0.29, 0.717) is 23.9 Å². The number of hydrogen-bond acceptors (Lipinski definition) is 5. The van der Waals surface area contributed by atoms with Gasteiger partial charge in [-0.2, -0.15) is 4.31 Å². The zero-order valence-electron chi connectivity index (χ0n) is 13.6. The van der Waals surface area contributed by atoms with Gasteiger partial charge in [0.1, 0.15) is 0 Å². The maximum atomic E-state index is 12.6. The van der Waals surface area contributed by atoms with Crippen LogP contribution in [0.5, 0.6) is 0 Å². The normalized spacial score (nSPS) is 19.8. The summed E-state index contributed by atoms with van der Waals surface area (Å²) < 4.78 is 26.8. The van der Waals surface area contributed by atoms with Gasteiger partial charge in [0.2, 0.25) is 10.0 Å². The lowest BCUT2D eigenvalue weighted by molar-refractivity contribution is 0.273. The Balaban J connectivity index is 0.00000208. The van der Waals surface area contributed by atoms with Gasteiger partial charge in [-0.25, -0.2) is 8.42 Å². The Morgan fingerprint density at radius 3 is 2.54 bits per heavy atom. The fraction of sp³-hybridized carbons (Fsp3) is 0.562. The summed E-state index contributed by atoms with van der Waals surface area (Å²) in [7, 11) is -3.34. The molecule has 2 N–H and O–H groups in total. The van der Waals surface area contributed by atoms with E-state index in [0.717, 1.165) is 44.9 Å². The number of nitrogens with one attached hydrogen (secondary N) is 2. The molecule has 134 valence electrons. The SMILES string of the molecule is I.O=S(=O)(c1ccccc1)N1CCC(CNC2=NCCCN2)CC1. The van der Waals surface area contributed by atoms with E-state index in [2.05, 4.69) is 15.6 Å². The van der Waals surface area contributed by atoms with Crippen molar-refractivity contribution in [3.63, 3.8) is 0 Å². The average Bonchev–Trinajstić information content (AvgIpc) is 2.62. The third-order valence-corrected chi connectivity index (χ3v) is 6.32. The molecule has 0 amide bonds. The summed E-state index contributed by atoms with van der Waals surface area (Å²) in [4.78, 5) is 4.78. The lowest BCUT2D eigenvalue weighted by Crippen LogP contribution is -2.45. The number of benzene rings is 1. The second-order valence-corrected chi connectivity index (χ2v) is 7.99. The molecule has 1 aromatic carbocycles. The number of sulfonamides is 1. The molecule has 24 heavy (non-hydrogen) atoms. The van der Waals surface area contributed by atoms with E-state index >= 15 is 0 Å². The van der Waals surface area contributed by atoms with Gasteiger partial charge >= 0.3 is 0 Å². The molecule has 2 heterocycles. The van der Waals surface area contributed by atoms with Crippen LogP contribution in [0.25, 0.3) is 0 Å². The summed E-state index contributed by atoms with van der Waals surface area (Å²) in [5, 5.41) is 6.59. The molecule has 2 aliphatic heterocycles. The summed E-state index contributed by atoms with van der Waals surface area (Å²) in [5.41, 5.74) is 0. The summed E-state index contributed by atoms with van der Waals surface area (Å²) in [6.07, 6.45) is 2.85. The van der Waals surface area contributed by atoms with Crippen molar-refractivity contribution in [3.05, 3.63) is 30.3 Å². The van der Waals surface area contributed by atoms with Crippen LogP contribution < -0.4 is 10.6 Å². The Labute approximate surface area is 161 Å². The molecule has 1 aromatic rings. The maximum absolute atomic E-state index is 12.6. The predicted octanol–water partition coefficient (Wildman–Crippen LogP) is 1.64. The number of nitrogens with zero attached hydrogens (tertiary/aromatic N) is 2. The number of guanidine groups is 1. The first-order valence-electron chi connectivity index (χ1n) is 8.23. The van der Waals surface area contributed by atoms with E-state index < -0.39 is 10.0 Å². The minimum atomic E-state index is -3.34. The fourth-order valence-corrected chi connectivity index (χ4v) is 4.48. The van der Waals surface area contributed by atoms with Crippen molar-refractivity contribution in [2.24, 2.45) is 10.9 Å². The highest BCUT2D eigenvalue weighted by molar-refractivity contribution is 14.0. The molecule has 3 rings (SSSR count). The Kier molecular flexibility index (Phi) is 7.30. The Morgan fingerprint density at radius 1 is 1.21 bits per heavy atom. The first-order chi connectivity index (χ1) is 11.2. The maximum Gasteiger partial charge on any atom is 0.243 e. The number of piperidine rings is 1. The number of rotatable bonds is 4. The standard InChI is InChI=1S/C16H24N4O2S.HI/c21-23(22,15-5-2-1-3-6-15)20-11-7-14(8-12-20)13-19-16-17-9-4-10-18-16;/h1-3,5-6,14H,4,7-13H2,(H2,17,18,19);1H. The highest BCUT2D eigenvalue weighted by Crippen LogP contribution is 2.23. The summed E-state index contributed by atoms with van der Waals surface area (Å²) in [5.74, 6) is 1.37. The quantitative estimate of drug-likeness (QED) is 0.665. The molecule has 0 radical (unpaired) electrons. The van der Waals surface area contributed by atoms with E-state index in [1.807, 2.05) is 6.07 Å². The summed E-state index contributed by atoms with van der Waals surface area (Å²) >= 11 is 0. The first-order valence-corrected chi connectivity index (χ1v) is 9.67. The molecule has 1 saturated heterocycles. The molecule has 1 fully saturated rings. The molecule has 8 heteroatoms. The third-order valence-electron chi connectivity index (χ3n) is 4.41. The summed E-state index contributed by atoms with van der Waals surface area (Å²) in [6, 6.07) is 8.69. The monoisotopic (exact) mass is 464 g/mol. The molecular formula is C16H25IN4O2S. The zero-order chi connectivity index (χ0) is 16.1. The van der Waals surface area contributed by atoms with Gasteiger partial charge in [0.15, 0.2) is 5.96 Å². The molecule has 0 spiro atoms. The largest absolute Gasteiger partial charge is 0.356 e. The van der Waals surface area contributed by atoms with Crippen LogP contribution in [0, 0.1) is 5.92 Å². The van der Waals surface area contributed by atoms with Crippen LogP contribution in [-0.2, 0) is 10.0 Å². The highest BCUT2D eigenvalue weighted by atomic mass is 127. The van der Waals surface area contributed by atoms with Gasteiger partial charge in [-0.1, -0.05) is 18.2 Å². The number of aliphatic imine (C=N–C) groups is 1. The number of hydrogen-bond donors (Lipinski definition) is 2. The van der Waals surface area contributed by atoms with Gasteiger partial charge in [0, 0.05) is 32.7 Å². The van der Waals surface area contributed by atoms with E-state index in [4.69, 9.17) is 0 Å². The second kappa shape index (κ2) is 9.00. The topological polar surface area (TPSA) is 73.8 Å². The van der Waals surface area contributed by atoms with Crippen molar-refractivity contribution in [2.45, 2.75) is 24.2 Å². The highest BCUT2D eigenvalue weighted by Gasteiger charge is 2.29. The van der Waals surface area contributed by atoms with Crippen LogP contribution in [-0.4, -0.2) is 51.4 Å². The van der Waals surface area contributed by atoms with Crippen molar-refractivity contribution >= 4 is 40.0 Å². The molecule has 0 aromatic heterocycles. The van der Waals surface area contributed by atoms with E-state index in [1.54, 1.807) is 28.6 Å². The van der Waals surface area contributed by atoms with Crippen molar-refractivity contribution in [1.29, 1.82) is 0 Å². The lowest BCUT2D eigenvalue weighted by atomic mass is 9.98. The molecule has 6 nitrogen and oxygen atoms in total. The lowest BCUT2D eigenvalue weighted by Gasteiger charge is -2.31. The first kappa shape index (κ1) is 19.5. The molecule has 0 atom stereocenters. The van der Waals surface area contributed by atoms with E-state index in [9.17, 15) is 8.42 Å². The molecular weight excluding hydrogens is 439 g/mol. The molecule has 2 aliphatic rings. The number of halogens is 1. The predicted molar refractivity (Wildman–Crippen MR) is 106 cm³/mol. The van der Waals surface area contributed by atoms with Gasteiger partial charge in [-0.15, -0.1) is 24.0 Å². The molecule has 0 saturated carbocycles. The van der Waals surface area contributed by atoms with Gasteiger partial charge in [0.05, 0.1) is 4.90 Å². The Hall–Kier alpha value is -0.870. The van der Waals surface area contributed by atoms with Crippen LogP contribution in [0.15, 0.2) is 40.2 Å². The minimum Gasteiger partial charge on any atom is -0.356 e. The molecule has 0 aliphatic carbocycles. The third kappa shape index (κ3) is 4.82. The fourth-order valence-electron chi connectivity index (χ4n) is 2.99. The summed E-state index contributed by atoms with van der Waals surface area (Å²) in [6.45, 7) is 3.88. The molecule has 0 unspecified atom stereocenters. The van der Waals surface area contributed by atoms with Gasteiger partial charge in [-0.05, 0) is 37.3 Å². The Morgan fingerprint density at radius 2 is 1.92 bits per heavy atom. The zero-order valence-corrected chi connectivity index (χ0v) is 16.8. The average molecular weight is 464 g/mol. The van der Waals surface area contributed by atoms with Crippen molar-refractivity contribution in [1.82, 2.24) is 14.9 Å². The van der Waals surface area contributed by atoms with Gasteiger partial charge in [-0.3, -0.25) is 4.99 Å². The Bertz CT molecular complexity index is 643. The van der Waals surface area contributed by atoms with Crippen LogP contribution in [0.2, 0.25) is 0 Å². The minimum absolute atomic E-state index is 0.